The molecule has 2 amide bonds. The second-order valence-electron chi connectivity index (χ2n) is 7.10. The Labute approximate surface area is 130 Å². The summed E-state index contributed by atoms with van der Waals surface area (Å²) in [4.78, 5) is 26.3. The summed E-state index contributed by atoms with van der Waals surface area (Å²) in [6, 6.07) is 7.87. The number of ether oxygens (including phenoxy) is 1. The highest BCUT2D eigenvalue weighted by molar-refractivity contribution is 5.95. The number of rotatable bonds is 0. The van der Waals surface area contributed by atoms with Crippen molar-refractivity contribution in [2.45, 2.75) is 32.8 Å². The molecule has 0 spiro atoms. The van der Waals surface area contributed by atoms with Crippen molar-refractivity contribution in [2.24, 2.45) is 11.8 Å². The van der Waals surface area contributed by atoms with Crippen LogP contribution in [0.15, 0.2) is 24.3 Å². The topological polar surface area (TPSA) is 58.6 Å². The van der Waals surface area contributed by atoms with Crippen LogP contribution in [0.2, 0.25) is 0 Å². The fraction of sp³-hybridized carbons (Fsp3) is 0.529. The summed E-state index contributed by atoms with van der Waals surface area (Å²) in [5.74, 6) is -0.0166. The number of likely N-dealkylation sites (tertiary alicyclic amines) is 1. The average Bonchev–Trinajstić information content (AvgIpc) is 2.78. The molecule has 1 aromatic carbocycles. The lowest BCUT2D eigenvalue weighted by atomic mass is 9.90. The van der Waals surface area contributed by atoms with Crippen molar-refractivity contribution in [1.29, 1.82) is 0 Å². The van der Waals surface area contributed by atoms with E-state index in [-0.39, 0.29) is 23.8 Å². The molecular weight excluding hydrogens is 280 g/mol. The van der Waals surface area contributed by atoms with Crippen molar-refractivity contribution in [3.63, 3.8) is 0 Å². The number of fused-ring (bicyclic) bond motifs is 2. The molecule has 2 aliphatic rings. The maximum atomic E-state index is 12.4. The van der Waals surface area contributed by atoms with E-state index in [1.165, 1.54) is 0 Å². The standard InChI is InChI=1S/C17H22N2O3/c1-17(2,3)22-16(21)19-9-12-8-11-6-4-5-7-14(11)18-15(20)13(12)10-19/h4-7,12-13H,8-10H2,1-3H3,(H,18,20). The highest BCUT2D eigenvalue weighted by Crippen LogP contribution is 2.34. The van der Waals surface area contributed by atoms with Crippen LogP contribution in [0, 0.1) is 11.8 Å². The Morgan fingerprint density at radius 2 is 2.00 bits per heavy atom. The van der Waals surface area contributed by atoms with Crippen molar-refractivity contribution in [3.05, 3.63) is 29.8 Å². The van der Waals surface area contributed by atoms with E-state index in [2.05, 4.69) is 5.32 Å². The van der Waals surface area contributed by atoms with Crippen molar-refractivity contribution < 1.29 is 14.3 Å². The van der Waals surface area contributed by atoms with E-state index in [0.29, 0.717) is 13.1 Å². The molecule has 2 aliphatic heterocycles. The SMILES string of the molecule is CC(C)(C)OC(=O)N1CC2Cc3ccccc3NC(=O)C2C1. The van der Waals surface area contributed by atoms with Gasteiger partial charge in [0.25, 0.3) is 0 Å². The Bertz CT molecular complexity index is 606. The molecule has 0 aliphatic carbocycles. The van der Waals surface area contributed by atoms with Crippen molar-refractivity contribution >= 4 is 17.7 Å². The van der Waals surface area contributed by atoms with Crippen molar-refractivity contribution in [2.75, 3.05) is 18.4 Å². The molecule has 5 heteroatoms. The smallest absolute Gasteiger partial charge is 0.410 e. The van der Waals surface area contributed by atoms with E-state index in [4.69, 9.17) is 4.74 Å². The summed E-state index contributed by atoms with van der Waals surface area (Å²) in [6.45, 7) is 6.55. The van der Waals surface area contributed by atoms with Crippen LogP contribution in [0.3, 0.4) is 0 Å². The van der Waals surface area contributed by atoms with E-state index in [0.717, 1.165) is 17.7 Å². The predicted molar refractivity (Wildman–Crippen MR) is 83.6 cm³/mol. The largest absolute Gasteiger partial charge is 0.444 e. The second-order valence-corrected chi connectivity index (χ2v) is 7.10. The van der Waals surface area contributed by atoms with Crippen LogP contribution in [0.25, 0.3) is 0 Å². The quantitative estimate of drug-likeness (QED) is 0.801. The van der Waals surface area contributed by atoms with Gasteiger partial charge >= 0.3 is 6.09 Å². The fourth-order valence-electron chi connectivity index (χ4n) is 3.18. The number of nitrogens with one attached hydrogen (secondary N) is 1. The molecule has 0 aromatic heterocycles. The monoisotopic (exact) mass is 302 g/mol. The molecular formula is C17H22N2O3. The Morgan fingerprint density at radius 3 is 2.73 bits per heavy atom. The summed E-state index contributed by atoms with van der Waals surface area (Å²) in [7, 11) is 0. The maximum absolute atomic E-state index is 12.4. The third kappa shape index (κ3) is 2.93. The number of nitrogens with zero attached hydrogens (tertiary/aromatic N) is 1. The summed E-state index contributed by atoms with van der Waals surface area (Å²) < 4.78 is 5.42. The lowest BCUT2D eigenvalue weighted by Crippen LogP contribution is -2.36. The minimum Gasteiger partial charge on any atom is -0.444 e. The molecule has 2 heterocycles. The van der Waals surface area contributed by atoms with Crippen molar-refractivity contribution in [1.82, 2.24) is 4.90 Å². The van der Waals surface area contributed by atoms with Gasteiger partial charge in [0.05, 0.1) is 5.92 Å². The summed E-state index contributed by atoms with van der Waals surface area (Å²) >= 11 is 0. The van der Waals surface area contributed by atoms with E-state index < -0.39 is 5.60 Å². The molecule has 1 fully saturated rings. The minimum absolute atomic E-state index is 0.000934. The normalized spacial score (nSPS) is 24.1. The number of hydrogen-bond acceptors (Lipinski definition) is 3. The molecule has 118 valence electrons. The molecule has 22 heavy (non-hydrogen) atoms. The lowest BCUT2D eigenvalue weighted by molar-refractivity contribution is -0.120. The molecule has 1 aromatic rings. The first-order valence-corrected chi connectivity index (χ1v) is 7.70. The zero-order chi connectivity index (χ0) is 15.9. The number of amides is 2. The maximum Gasteiger partial charge on any atom is 0.410 e. The number of anilines is 1. The number of benzene rings is 1. The van der Waals surface area contributed by atoms with Gasteiger partial charge in [-0.15, -0.1) is 0 Å². The van der Waals surface area contributed by atoms with E-state index >= 15 is 0 Å². The Kier molecular flexibility index (Phi) is 3.59. The Morgan fingerprint density at radius 1 is 1.27 bits per heavy atom. The zero-order valence-electron chi connectivity index (χ0n) is 13.3. The molecule has 1 saturated heterocycles. The number of carbonyl (C=O) groups is 2. The number of hydrogen-bond donors (Lipinski definition) is 1. The van der Waals surface area contributed by atoms with Gasteiger partial charge < -0.3 is 15.0 Å². The molecule has 0 radical (unpaired) electrons. The first kappa shape index (κ1) is 14.9. The third-order valence-electron chi connectivity index (χ3n) is 4.19. The summed E-state index contributed by atoms with van der Waals surface area (Å²) in [5, 5.41) is 2.98. The summed E-state index contributed by atoms with van der Waals surface area (Å²) in [5.41, 5.74) is 1.51. The lowest BCUT2D eigenvalue weighted by Gasteiger charge is -2.24. The Hall–Kier alpha value is -2.04. The van der Waals surface area contributed by atoms with Crippen LogP contribution in [0.5, 0.6) is 0 Å². The van der Waals surface area contributed by atoms with Crippen LogP contribution in [-0.4, -0.2) is 35.6 Å². The highest BCUT2D eigenvalue weighted by Gasteiger charge is 2.42. The highest BCUT2D eigenvalue weighted by atomic mass is 16.6. The van der Waals surface area contributed by atoms with Crippen molar-refractivity contribution in [3.8, 4) is 0 Å². The molecule has 2 atom stereocenters. The van der Waals surface area contributed by atoms with Crippen LogP contribution in [0.1, 0.15) is 26.3 Å². The third-order valence-corrected chi connectivity index (χ3v) is 4.19. The van der Waals surface area contributed by atoms with Crippen LogP contribution in [0.4, 0.5) is 10.5 Å². The predicted octanol–water partition coefficient (Wildman–Crippen LogP) is 2.66. The molecule has 2 unspecified atom stereocenters. The van der Waals surface area contributed by atoms with Crippen LogP contribution in [-0.2, 0) is 16.0 Å². The number of para-hydroxylation sites is 1. The van der Waals surface area contributed by atoms with E-state index in [9.17, 15) is 9.59 Å². The van der Waals surface area contributed by atoms with Gasteiger partial charge in [-0.2, -0.15) is 0 Å². The second kappa shape index (κ2) is 5.30. The minimum atomic E-state index is -0.517. The summed E-state index contributed by atoms with van der Waals surface area (Å²) in [6.07, 6.45) is 0.473. The van der Waals surface area contributed by atoms with Gasteiger partial charge in [0.15, 0.2) is 0 Å². The molecule has 5 nitrogen and oxygen atoms in total. The van der Waals surface area contributed by atoms with Crippen LogP contribution < -0.4 is 5.32 Å². The van der Waals surface area contributed by atoms with Gasteiger partial charge in [-0.05, 0) is 44.7 Å². The van der Waals surface area contributed by atoms with Gasteiger partial charge in [0, 0.05) is 18.8 Å². The van der Waals surface area contributed by atoms with Gasteiger partial charge in [-0.1, -0.05) is 18.2 Å². The fourth-order valence-corrected chi connectivity index (χ4v) is 3.18. The van der Waals surface area contributed by atoms with Gasteiger partial charge in [-0.25, -0.2) is 4.79 Å². The first-order chi connectivity index (χ1) is 10.3. The van der Waals surface area contributed by atoms with Crippen LogP contribution >= 0.6 is 0 Å². The Balaban J connectivity index is 1.76. The van der Waals surface area contributed by atoms with Gasteiger partial charge in [0.2, 0.25) is 5.91 Å². The number of carbonyl (C=O) groups excluding carboxylic acids is 2. The van der Waals surface area contributed by atoms with E-state index in [1.54, 1.807) is 4.90 Å². The average molecular weight is 302 g/mol. The zero-order valence-corrected chi connectivity index (χ0v) is 13.3. The van der Waals surface area contributed by atoms with Gasteiger partial charge in [0.1, 0.15) is 5.60 Å². The molecule has 3 rings (SSSR count). The molecule has 1 N–H and O–H groups in total. The molecule has 0 bridgehead atoms. The van der Waals surface area contributed by atoms with Gasteiger partial charge in [-0.3, -0.25) is 4.79 Å². The van der Waals surface area contributed by atoms with E-state index in [1.807, 2.05) is 45.0 Å². The first-order valence-electron chi connectivity index (χ1n) is 7.70. The molecule has 0 saturated carbocycles.